The average Bonchev–Trinajstić information content (AvgIpc) is 2.79. The first-order valence-electron chi connectivity index (χ1n) is 5.36. The van der Waals surface area contributed by atoms with Crippen molar-refractivity contribution in [1.82, 2.24) is 15.2 Å². The molecule has 1 aromatic heterocycles. The summed E-state index contributed by atoms with van der Waals surface area (Å²) in [4.78, 5) is 26.6. The number of carboxylic acids is 1. The molecule has 0 saturated heterocycles. The van der Waals surface area contributed by atoms with Crippen LogP contribution in [0, 0.1) is 11.8 Å². The zero-order valence-corrected chi connectivity index (χ0v) is 9.04. The van der Waals surface area contributed by atoms with Crippen LogP contribution in [-0.2, 0) is 9.59 Å². The van der Waals surface area contributed by atoms with Crippen LogP contribution >= 0.6 is 0 Å². The molecule has 2 N–H and O–H groups in total. The van der Waals surface area contributed by atoms with Crippen molar-refractivity contribution >= 4 is 17.8 Å². The van der Waals surface area contributed by atoms with Crippen LogP contribution in [-0.4, -0.2) is 32.2 Å². The molecule has 0 unspecified atom stereocenters. The second-order valence-corrected chi connectivity index (χ2v) is 3.94. The van der Waals surface area contributed by atoms with Crippen LogP contribution in [0.1, 0.15) is 19.3 Å². The van der Waals surface area contributed by atoms with Gasteiger partial charge in [0.05, 0.1) is 24.2 Å². The summed E-state index contributed by atoms with van der Waals surface area (Å²) in [5, 5.41) is 18.7. The minimum absolute atomic E-state index is 0.105. The molecule has 1 amide bonds. The number of carboxylic acid groups (broad SMARTS) is 1. The van der Waals surface area contributed by atoms with E-state index < -0.39 is 17.8 Å². The van der Waals surface area contributed by atoms with Crippen molar-refractivity contribution in [2.24, 2.45) is 11.8 Å². The summed E-state index contributed by atoms with van der Waals surface area (Å²) in [6, 6.07) is 0. The maximum Gasteiger partial charge on any atom is 0.307 e. The van der Waals surface area contributed by atoms with Gasteiger partial charge in [-0.3, -0.25) is 14.9 Å². The van der Waals surface area contributed by atoms with Crippen molar-refractivity contribution < 1.29 is 14.7 Å². The predicted molar refractivity (Wildman–Crippen MR) is 56.9 cm³/mol. The molecule has 0 radical (unpaired) electrons. The number of anilines is 1. The van der Waals surface area contributed by atoms with E-state index in [-0.39, 0.29) is 11.9 Å². The third kappa shape index (κ3) is 2.55. The maximum atomic E-state index is 11.8. The third-order valence-corrected chi connectivity index (χ3v) is 2.89. The zero-order valence-electron chi connectivity index (χ0n) is 9.04. The fraction of sp³-hybridized carbons (Fsp3) is 0.500. The second-order valence-electron chi connectivity index (χ2n) is 3.94. The smallest absolute Gasteiger partial charge is 0.307 e. The van der Waals surface area contributed by atoms with Gasteiger partial charge >= 0.3 is 5.97 Å². The van der Waals surface area contributed by atoms with Gasteiger partial charge in [0.2, 0.25) is 11.9 Å². The molecule has 90 valence electrons. The molecule has 1 aromatic rings. The third-order valence-electron chi connectivity index (χ3n) is 2.89. The number of rotatable bonds is 3. The number of carbonyl (C=O) groups is 2. The average molecular weight is 236 g/mol. The Morgan fingerprint density at radius 2 is 2.06 bits per heavy atom. The Morgan fingerprint density at radius 3 is 2.71 bits per heavy atom. The highest BCUT2D eigenvalue weighted by Gasteiger charge is 2.37. The highest BCUT2D eigenvalue weighted by atomic mass is 16.4. The Kier molecular flexibility index (Phi) is 3.27. The Bertz CT molecular complexity index is 423. The van der Waals surface area contributed by atoms with Gasteiger partial charge in [-0.15, -0.1) is 5.10 Å². The van der Waals surface area contributed by atoms with Gasteiger partial charge in [-0.2, -0.15) is 5.10 Å². The van der Waals surface area contributed by atoms with Crippen molar-refractivity contribution in [3.05, 3.63) is 12.4 Å². The normalized spacial score (nSPS) is 23.3. The van der Waals surface area contributed by atoms with E-state index in [9.17, 15) is 9.59 Å². The van der Waals surface area contributed by atoms with Gasteiger partial charge in [-0.25, -0.2) is 4.98 Å². The number of aliphatic carboxylic acids is 1. The van der Waals surface area contributed by atoms with E-state index in [1.807, 2.05) is 0 Å². The molecule has 0 spiro atoms. The van der Waals surface area contributed by atoms with Gasteiger partial charge in [0, 0.05) is 0 Å². The number of carbonyl (C=O) groups excluding carboxylic acids is 1. The van der Waals surface area contributed by atoms with Crippen LogP contribution in [0.2, 0.25) is 0 Å². The van der Waals surface area contributed by atoms with Gasteiger partial charge in [0.25, 0.3) is 0 Å². The Hall–Kier alpha value is -2.05. The molecule has 1 fully saturated rings. The lowest BCUT2D eigenvalue weighted by atomic mass is 9.95. The lowest BCUT2D eigenvalue weighted by Crippen LogP contribution is -2.30. The van der Waals surface area contributed by atoms with Crippen LogP contribution in [0.4, 0.5) is 5.95 Å². The molecule has 1 heterocycles. The van der Waals surface area contributed by atoms with Gasteiger partial charge in [0.15, 0.2) is 0 Å². The van der Waals surface area contributed by atoms with E-state index in [0.29, 0.717) is 12.8 Å². The van der Waals surface area contributed by atoms with Crippen LogP contribution in [0.15, 0.2) is 12.4 Å². The van der Waals surface area contributed by atoms with Crippen molar-refractivity contribution in [3.8, 4) is 0 Å². The standard InChI is InChI=1S/C10H12N4O3/c15-8(13-10-11-4-5-12-14-10)6-2-1-3-7(6)9(16)17/h4-7H,1-3H2,(H,16,17)(H,11,13,14,15)/t6-,7+/m1/s1. The van der Waals surface area contributed by atoms with Gasteiger partial charge in [-0.05, 0) is 12.8 Å². The number of aromatic nitrogens is 3. The van der Waals surface area contributed by atoms with Crippen molar-refractivity contribution in [2.75, 3.05) is 5.32 Å². The largest absolute Gasteiger partial charge is 0.481 e. The van der Waals surface area contributed by atoms with Crippen LogP contribution < -0.4 is 5.32 Å². The lowest BCUT2D eigenvalue weighted by molar-refractivity contribution is -0.145. The predicted octanol–water partition coefficient (Wildman–Crippen LogP) is 0.311. The van der Waals surface area contributed by atoms with Gasteiger partial charge in [0.1, 0.15) is 0 Å². The minimum Gasteiger partial charge on any atom is -0.481 e. The molecule has 0 aliphatic heterocycles. The summed E-state index contributed by atoms with van der Waals surface area (Å²) in [5.41, 5.74) is 0. The minimum atomic E-state index is -0.922. The summed E-state index contributed by atoms with van der Waals surface area (Å²) >= 11 is 0. The molecular formula is C10H12N4O3. The molecule has 7 heteroatoms. The Labute approximate surface area is 97.3 Å². The van der Waals surface area contributed by atoms with Crippen molar-refractivity contribution in [3.63, 3.8) is 0 Å². The first kappa shape index (κ1) is 11.4. The van der Waals surface area contributed by atoms with E-state index in [4.69, 9.17) is 5.11 Å². The fourth-order valence-electron chi connectivity index (χ4n) is 2.08. The summed E-state index contributed by atoms with van der Waals surface area (Å²) in [7, 11) is 0. The summed E-state index contributed by atoms with van der Waals surface area (Å²) in [5.74, 6) is -2.27. The number of nitrogens with one attached hydrogen (secondary N) is 1. The van der Waals surface area contributed by atoms with E-state index in [1.165, 1.54) is 12.4 Å². The van der Waals surface area contributed by atoms with Gasteiger partial charge < -0.3 is 5.11 Å². The molecule has 1 saturated carbocycles. The van der Waals surface area contributed by atoms with E-state index in [1.54, 1.807) is 0 Å². The summed E-state index contributed by atoms with van der Waals surface area (Å²) in [6.07, 6.45) is 4.69. The van der Waals surface area contributed by atoms with E-state index >= 15 is 0 Å². The monoisotopic (exact) mass is 236 g/mol. The number of hydrogen-bond acceptors (Lipinski definition) is 5. The number of amides is 1. The Balaban J connectivity index is 2.03. The second kappa shape index (κ2) is 4.86. The molecule has 7 nitrogen and oxygen atoms in total. The lowest BCUT2D eigenvalue weighted by Gasteiger charge is -2.14. The zero-order chi connectivity index (χ0) is 12.3. The molecule has 17 heavy (non-hydrogen) atoms. The van der Waals surface area contributed by atoms with Gasteiger partial charge in [-0.1, -0.05) is 6.42 Å². The Morgan fingerprint density at radius 1 is 1.29 bits per heavy atom. The maximum absolute atomic E-state index is 11.8. The SMILES string of the molecule is O=C(O)[C@H]1CCC[C@H]1C(=O)Nc1nccnn1. The van der Waals surface area contributed by atoms with Crippen molar-refractivity contribution in [1.29, 1.82) is 0 Å². The fourth-order valence-corrected chi connectivity index (χ4v) is 2.08. The number of hydrogen-bond donors (Lipinski definition) is 2. The molecule has 2 atom stereocenters. The quantitative estimate of drug-likeness (QED) is 0.782. The molecule has 1 aliphatic rings. The highest BCUT2D eigenvalue weighted by Crippen LogP contribution is 2.32. The molecule has 2 rings (SSSR count). The van der Waals surface area contributed by atoms with Crippen molar-refractivity contribution in [2.45, 2.75) is 19.3 Å². The van der Waals surface area contributed by atoms with E-state index in [2.05, 4.69) is 20.5 Å². The molecule has 0 bridgehead atoms. The summed E-state index contributed by atoms with van der Waals surface area (Å²) < 4.78 is 0. The topological polar surface area (TPSA) is 105 Å². The first-order valence-corrected chi connectivity index (χ1v) is 5.36. The molecule has 1 aliphatic carbocycles. The molecular weight excluding hydrogens is 224 g/mol. The van der Waals surface area contributed by atoms with Crippen LogP contribution in [0.5, 0.6) is 0 Å². The highest BCUT2D eigenvalue weighted by molar-refractivity contribution is 5.94. The molecule has 0 aromatic carbocycles. The first-order chi connectivity index (χ1) is 8.18. The summed E-state index contributed by atoms with van der Waals surface area (Å²) in [6.45, 7) is 0. The van der Waals surface area contributed by atoms with Crippen LogP contribution in [0.3, 0.4) is 0 Å². The number of nitrogens with zero attached hydrogens (tertiary/aromatic N) is 3. The van der Waals surface area contributed by atoms with Crippen LogP contribution in [0.25, 0.3) is 0 Å². The van der Waals surface area contributed by atoms with E-state index in [0.717, 1.165) is 6.42 Å².